The molecule has 0 aliphatic carbocycles. The molecule has 3 N–H and O–H groups in total. The summed E-state index contributed by atoms with van der Waals surface area (Å²) in [6.07, 6.45) is 8.94. The van der Waals surface area contributed by atoms with Crippen LogP contribution >= 0.6 is 12.4 Å². The Hall–Kier alpha value is -4.54. The van der Waals surface area contributed by atoms with Crippen LogP contribution in [-0.4, -0.2) is 48.3 Å². The number of amides is 1. The topological polar surface area (TPSA) is 135 Å². The van der Waals surface area contributed by atoms with Crippen molar-refractivity contribution in [1.82, 2.24) is 15.6 Å². The number of alkyl carbamates (subject to hydrolysis) is 1. The number of hydrogen-bond acceptors (Lipinski definition) is 9. The minimum Gasteiger partial charge on any atom is -0.474 e. The summed E-state index contributed by atoms with van der Waals surface area (Å²) < 4.78 is 27.3. The van der Waals surface area contributed by atoms with E-state index in [-0.39, 0.29) is 19.0 Å². The van der Waals surface area contributed by atoms with Gasteiger partial charge in [0.2, 0.25) is 0 Å². The van der Waals surface area contributed by atoms with E-state index in [9.17, 15) is 4.79 Å². The summed E-state index contributed by atoms with van der Waals surface area (Å²) in [5, 5.41) is 10.7. The van der Waals surface area contributed by atoms with Gasteiger partial charge in [0.1, 0.15) is 18.8 Å². The van der Waals surface area contributed by atoms with Crippen molar-refractivity contribution in [3.05, 3.63) is 96.1 Å². The Kier molecular flexibility index (Phi) is 16.2. The lowest BCUT2D eigenvalue weighted by atomic mass is 10.1. The fourth-order valence-corrected chi connectivity index (χ4v) is 4.05. The quantitative estimate of drug-likeness (QED) is 0.111. The largest absolute Gasteiger partial charge is 0.474 e. The van der Waals surface area contributed by atoms with Crippen molar-refractivity contribution in [2.75, 3.05) is 26.3 Å². The molecule has 0 radical (unpaired) electrons. The van der Waals surface area contributed by atoms with Crippen LogP contribution in [0.5, 0.6) is 11.8 Å². The molecular weight excluding hydrogens is 608 g/mol. The average molecular weight is 653 g/mol. The van der Waals surface area contributed by atoms with Crippen molar-refractivity contribution in [2.45, 2.75) is 53.1 Å². The third-order valence-electron chi connectivity index (χ3n) is 6.06. The van der Waals surface area contributed by atoms with E-state index in [1.165, 1.54) is 0 Å². The maximum atomic E-state index is 11.6. The molecule has 4 aromatic rings. The Balaban J connectivity index is 0.000000328. The summed E-state index contributed by atoms with van der Waals surface area (Å²) in [5.74, 6) is 2.42. The van der Waals surface area contributed by atoms with Crippen molar-refractivity contribution in [1.29, 1.82) is 0 Å². The highest BCUT2D eigenvalue weighted by Gasteiger charge is 2.19. The van der Waals surface area contributed by atoms with E-state index in [0.717, 1.165) is 34.4 Å². The number of rotatable bonds is 13. The van der Waals surface area contributed by atoms with Gasteiger partial charge in [-0.05, 0) is 57.8 Å². The molecule has 0 atom stereocenters. The van der Waals surface area contributed by atoms with Crippen LogP contribution in [-0.2, 0) is 17.6 Å². The van der Waals surface area contributed by atoms with Gasteiger partial charge in [-0.15, -0.1) is 12.4 Å². The third-order valence-corrected chi connectivity index (χ3v) is 6.06. The first-order chi connectivity index (χ1) is 21.8. The number of ether oxygens (including phenoxy) is 3. The smallest absolute Gasteiger partial charge is 0.407 e. The van der Waals surface area contributed by atoms with Crippen LogP contribution in [0.4, 0.5) is 4.79 Å². The zero-order valence-electron chi connectivity index (χ0n) is 27.2. The first kappa shape index (κ1) is 37.6. The fraction of sp³-hybridized carbons (Fsp3) is 0.343. The van der Waals surface area contributed by atoms with Crippen LogP contribution in [0, 0.1) is 0 Å². The molecule has 10 nitrogen and oxygen atoms in total. The highest BCUT2D eigenvalue weighted by atomic mass is 35.5. The van der Waals surface area contributed by atoms with E-state index >= 15 is 0 Å². The van der Waals surface area contributed by atoms with Gasteiger partial charge in [-0.3, -0.25) is 0 Å². The maximum Gasteiger partial charge on any atom is 0.407 e. The molecule has 4 rings (SSSR count). The van der Waals surface area contributed by atoms with Crippen molar-refractivity contribution < 1.29 is 28.1 Å². The molecule has 2 aromatic carbocycles. The summed E-state index contributed by atoms with van der Waals surface area (Å²) in [7, 11) is 0. The van der Waals surface area contributed by atoms with Crippen molar-refractivity contribution in [2.24, 2.45) is 5.73 Å². The van der Waals surface area contributed by atoms with Crippen LogP contribution in [0.25, 0.3) is 22.6 Å². The molecule has 2 heterocycles. The van der Waals surface area contributed by atoms with E-state index < -0.39 is 11.7 Å². The van der Waals surface area contributed by atoms with Crippen molar-refractivity contribution in [3.8, 4) is 34.4 Å². The zero-order valence-corrected chi connectivity index (χ0v) is 28.0. The third kappa shape index (κ3) is 12.1. The predicted octanol–water partition coefficient (Wildman–Crippen LogP) is 7.58. The van der Waals surface area contributed by atoms with E-state index in [2.05, 4.69) is 15.6 Å². The molecule has 248 valence electrons. The number of nitrogens with zero attached hydrogens (tertiary/aromatic N) is 2. The van der Waals surface area contributed by atoms with E-state index in [4.69, 9.17) is 29.0 Å². The fourth-order valence-electron chi connectivity index (χ4n) is 4.05. The summed E-state index contributed by atoms with van der Waals surface area (Å²) in [4.78, 5) is 11.6. The summed E-state index contributed by atoms with van der Waals surface area (Å²) >= 11 is 0. The Morgan fingerprint density at radius 2 is 1.26 bits per heavy atom. The Morgan fingerprint density at radius 3 is 1.67 bits per heavy atom. The number of hydrogen-bond donors (Lipinski definition) is 2. The highest BCUT2D eigenvalue weighted by molar-refractivity contribution is 5.85. The summed E-state index contributed by atoms with van der Waals surface area (Å²) in [5.41, 5.74) is 8.70. The minimum absolute atomic E-state index is 0. The molecule has 11 heteroatoms. The standard InChI is InChI=1S/C20H26N2O4.C15H18N2O2.ClH/c1-5-6-12-16-17(15-10-8-7-9-11-15)26-22-18(16)24-14-13-21-19(23)25-20(2,3)4;1-2-3-9-13-14(12-7-5-4-6-8-12)19-17-15(13)18-11-10-16;/h5-11H,12-14H2,1-4H3,(H,21,23);2-8H,9-11,16H2,1H3;1H. The summed E-state index contributed by atoms with van der Waals surface area (Å²) in [6, 6.07) is 19.7. The number of halogens is 1. The molecule has 46 heavy (non-hydrogen) atoms. The molecule has 0 unspecified atom stereocenters. The number of nitrogens with one attached hydrogen (secondary N) is 1. The number of benzene rings is 2. The van der Waals surface area contributed by atoms with Crippen LogP contribution in [0.3, 0.4) is 0 Å². The zero-order chi connectivity index (χ0) is 32.5. The molecule has 0 aliphatic rings. The lowest BCUT2D eigenvalue weighted by Crippen LogP contribution is -2.34. The van der Waals surface area contributed by atoms with Crippen LogP contribution in [0.1, 0.15) is 45.7 Å². The second kappa shape index (κ2) is 19.8. The molecule has 0 saturated heterocycles. The van der Waals surface area contributed by atoms with Crippen LogP contribution in [0.15, 0.2) is 94.0 Å². The normalized spacial score (nSPS) is 11.1. The van der Waals surface area contributed by atoms with Gasteiger partial charge < -0.3 is 34.3 Å². The highest BCUT2D eigenvalue weighted by Crippen LogP contribution is 2.32. The predicted molar refractivity (Wildman–Crippen MR) is 182 cm³/mol. The van der Waals surface area contributed by atoms with Crippen LogP contribution < -0.4 is 20.5 Å². The number of carbonyl (C=O) groups excluding carboxylic acids is 1. The molecule has 2 aromatic heterocycles. The molecule has 0 bridgehead atoms. The Labute approximate surface area is 277 Å². The molecule has 0 aliphatic heterocycles. The second-order valence-electron chi connectivity index (χ2n) is 10.8. The van der Waals surface area contributed by atoms with Gasteiger partial charge in [0.25, 0.3) is 11.8 Å². The van der Waals surface area contributed by atoms with Gasteiger partial charge in [0.05, 0.1) is 17.7 Å². The van der Waals surface area contributed by atoms with Crippen molar-refractivity contribution in [3.63, 3.8) is 0 Å². The van der Waals surface area contributed by atoms with E-state index in [1.54, 1.807) is 0 Å². The lowest BCUT2D eigenvalue weighted by molar-refractivity contribution is 0.0519. The van der Waals surface area contributed by atoms with Gasteiger partial charge in [-0.25, -0.2) is 4.79 Å². The first-order valence-electron chi connectivity index (χ1n) is 15.0. The van der Waals surface area contributed by atoms with Gasteiger partial charge >= 0.3 is 6.09 Å². The number of allylic oxidation sites excluding steroid dienone is 4. The molecule has 0 spiro atoms. The monoisotopic (exact) mass is 652 g/mol. The van der Waals surface area contributed by atoms with Gasteiger partial charge in [-0.2, -0.15) is 0 Å². The van der Waals surface area contributed by atoms with Gasteiger partial charge in [0.15, 0.2) is 11.5 Å². The number of aromatic nitrogens is 2. The van der Waals surface area contributed by atoms with Crippen molar-refractivity contribution >= 4 is 18.5 Å². The van der Waals surface area contributed by atoms with Crippen LogP contribution in [0.2, 0.25) is 0 Å². The minimum atomic E-state index is -0.526. The number of carbonyl (C=O) groups is 1. The Bertz CT molecular complexity index is 1490. The SMILES string of the molecule is CC=CCc1c(OCCN)noc1-c1ccccc1.CC=CCc1c(OCCNC(=O)OC(C)(C)C)noc1-c1ccccc1.Cl. The average Bonchev–Trinajstić information content (AvgIpc) is 3.64. The Morgan fingerprint density at radius 1 is 0.804 bits per heavy atom. The molecule has 1 amide bonds. The molecule has 0 fully saturated rings. The van der Waals surface area contributed by atoms with Gasteiger partial charge in [0, 0.05) is 17.7 Å². The molecular formula is C35H45ClN4O6. The van der Waals surface area contributed by atoms with E-state index in [1.807, 2.05) is 120 Å². The second-order valence-corrected chi connectivity index (χ2v) is 10.8. The summed E-state index contributed by atoms with van der Waals surface area (Å²) in [6.45, 7) is 10.9. The lowest BCUT2D eigenvalue weighted by Gasteiger charge is -2.19. The maximum absolute atomic E-state index is 11.6. The first-order valence-corrected chi connectivity index (χ1v) is 15.0. The molecule has 0 saturated carbocycles. The van der Waals surface area contributed by atoms with E-state index in [0.29, 0.717) is 43.6 Å². The number of nitrogens with two attached hydrogens (primary N) is 1. The van der Waals surface area contributed by atoms with Gasteiger partial charge in [-0.1, -0.05) is 85.0 Å².